The summed E-state index contributed by atoms with van der Waals surface area (Å²) in [6.07, 6.45) is -2.85. The molecule has 46 heavy (non-hydrogen) atoms. The predicted molar refractivity (Wildman–Crippen MR) is 166 cm³/mol. The van der Waals surface area contributed by atoms with Gasteiger partial charge in [-0.1, -0.05) is 27.7 Å². The van der Waals surface area contributed by atoms with Crippen LogP contribution in [0.25, 0.3) is 0 Å². The fourth-order valence-corrected chi connectivity index (χ4v) is 7.60. The zero-order chi connectivity index (χ0) is 34.7. The minimum Gasteiger partial charge on any atom is -0.458 e. The van der Waals surface area contributed by atoms with Gasteiger partial charge in [-0.2, -0.15) is 0 Å². The fraction of sp³-hybridized carbons (Fsp3) is 0.848. The van der Waals surface area contributed by atoms with Crippen molar-refractivity contribution in [3.8, 4) is 0 Å². The first-order chi connectivity index (χ1) is 21.4. The number of esters is 1. The molecule has 1 amide bonds. The van der Waals surface area contributed by atoms with Crippen molar-refractivity contribution in [3.05, 3.63) is 0 Å². The Labute approximate surface area is 272 Å². The number of nitrogens with one attached hydrogen (secondary N) is 1. The Balaban J connectivity index is 2.15. The largest absolute Gasteiger partial charge is 0.458 e. The number of aldehydes is 1. The van der Waals surface area contributed by atoms with E-state index in [1.165, 1.54) is 6.92 Å². The van der Waals surface area contributed by atoms with Gasteiger partial charge in [-0.25, -0.2) is 4.79 Å². The summed E-state index contributed by atoms with van der Waals surface area (Å²) in [5.74, 6) is -5.13. The molecule has 0 radical (unpaired) electrons. The summed E-state index contributed by atoms with van der Waals surface area (Å²) in [6, 6.07) is -0.901. The molecule has 0 unspecified atom stereocenters. The van der Waals surface area contributed by atoms with Crippen molar-refractivity contribution in [1.29, 1.82) is 0 Å². The molecular formula is C33H54N2O11. The Hall–Kier alpha value is -2.45. The molecule has 262 valence electrons. The molecule has 0 aromatic carbocycles. The Morgan fingerprint density at radius 2 is 1.67 bits per heavy atom. The predicted octanol–water partition coefficient (Wildman–Crippen LogP) is 2.70. The molecule has 0 bridgehead atoms. The maximum absolute atomic E-state index is 14.1. The van der Waals surface area contributed by atoms with Gasteiger partial charge in [0.15, 0.2) is 17.7 Å². The highest BCUT2D eigenvalue weighted by molar-refractivity contribution is 6.00. The van der Waals surface area contributed by atoms with Gasteiger partial charge in [-0.15, -0.1) is 0 Å². The molecule has 13 atom stereocenters. The number of ketones is 2. The van der Waals surface area contributed by atoms with E-state index in [1.807, 2.05) is 25.9 Å². The summed E-state index contributed by atoms with van der Waals surface area (Å²) in [4.78, 5) is 68.0. The van der Waals surface area contributed by atoms with Crippen molar-refractivity contribution in [2.75, 3.05) is 27.8 Å². The molecule has 1 N–H and O–H groups in total. The van der Waals surface area contributed by atoms with Gasteiger partial charge in [-0.05, 0) is 61.1 Å². The number of hydrogen-bond acceptors (Lipinski definition) is 12. The third-order valence-electron chi connectivity index (χ3n) is 10.2. The van der Waals surface area contributed by atoms with Gasteiger partial charge in [0.2, 0.25) is 0 Å². The van der Waals surface area contributed by atoms with Crippen LogP contribution < -0.4 is 5.32 Å². The number of ether oxygens (including phenoxy) is 6. The van der Waals surface area contributed by atoms with E-state index in [-0.39, 0.29) is 37.4 Å². The SMILES string of the molecule is CC[C@H]1OC(=O)[C@H](C)C(=O)[C@H](C)[C@@H](O[C@@H]2O[C@H](C)C[C@H](N(C)C)[C@H]2OC)[C@@](C)(OCC=O)C[C@@H](C)C(=O)[C@H](C)[C@H]2NC(=O)O[C@@]21C. The van der Waals surface area contributed by atoms with Crippen LogP contribution in [-0.2, 0) is 47.6 Å². The molecule has 3 saturated heterocycles. The minimum atomic E-state index is -1.39. The fourth-order valence-electron chi connectivity index (χ4n) is 7.60. The number of nitrogens with zero attached hydrogens (tertiary/aromatic N) is 1. The van der Waals surface area contributed by atoms with Crippen molar-refractivity contribution >= 4 is 29.9 Å². The molecule has 13 nitrogen and oxygen atoms in total. The standard InChI is InChI=1S/C33H54N2O11/c1-12-23-33(8)27(34-31(40)46-33)19(4)24(37)17(2)16-32(7,42-14-13-36)28(20(5)25(38)21(6)29(39)44-23)45-30-26(41-11)22(35(9)10)15-18(3)43-30/h13,17-23,26-28,30H,12,14-16H2,1-11H3,(H,34,40)/t17-,18-,19+,20+,21-,22+,23-,26-,27-,28-,30+,32+,33-/m1/s1. The second-order valence-corrected chi connectivity index (χ2v) is 13.9. The zero-order valence-corrected chi connectivity index (χ0v) is 29.2. The molecule has 3 rings (SSSR count). The number of rotatable bonds is 8. The summed E-state index contributed by atoms with van der Waals surface area (Å²) < 4.78 is 36.6. The summed E-state index contributed by atoms with van der Waals surface area (Å²) in [5, 5.41) is 2.75. The number of carbonyl (C=O) groups excluding carboxylic acids is 5. The molecule has 0 aromatic heterocycles. The first-order valence-electron chi connectivity index (χ1n) is 16.3. The molecule has 13 heteroatoms. The summed E-state index contributed by atoms with van der Waals surface area (Å²) in [6.45, 7) is 13.2. The number of cyclic esters (lactones) is 1. The highest BCUT2D eigenvalue weighted by Crippen LogP contribution is 2.40. The quantitative estimate of drug-likeness (QED) is 0.232. The number of likely N-dealkylation sites (N-methyl/N-ethyl adjacent to an activating group) is 1. The molecule has 0 aromatic rings. The van der Waals surface area contributed by atoms with E-state index < -0.39 is 83.4 Å². The van der Waals surface area contributed by atoms with Crippen molar-refractivity contribution in [1.82, 2.24) is 10.2 Å². The van der Waals surface area contributed by atoms with Gasteiger partial charge in [0, 0.05) is 30.9 Å². The van der Waals surface area contributed by atoms with E-state index in [2.05, 4.69) is 5.32 Å². The number of carbonyl (C=O) groups is 5. The molecule has 3 aliphatic rings. The molecule has 3 heterocycles. The summed E-state index contributed by atoms with van der Waals surface area (Å²) in [7, 11) is 5.43. The summed E-state index contributed by atoms with van der Waals surface area (Å²) in [5.41, 5.74) is -2.76. The maximum atomic E-state index is 14.1. The van der Waals surface area contributed by atoms with E-state index in [1.54, 1.807) is 48.7 Å². The van der Waals surface area contributed by atoms with Crippen LogP contribution in [0.1, 0.15) is 74.7 Å². The number of fused-ring (bicyclic) bond motifs is 1. The number of amides is 1. The highest BCUT2D eigenvalue weighted by atomic mass is 16.7. The summed E-state index contributed by atoms with van der Waals surface area (Å²) >= 11 is 0. The van der Waals surface area contributed by atoms with Crippen LogP contribution in [0.4, 0.5) is 4.79 Å². The van der Waals surface area contributed by atoms with Crippen molar-refractivity contribution in [3.63, 3.8) is 0 Å². The molecule has 0 saturated carbocycles. The van der Waals surface area contributed by atoms with Crippen LogP contribution in [0.3, 0.4) is 0 Å². The minimum absolute atomic E-state index is 0.0532. The smallest absolute Gasteiger partial charge is 0.408 e. The first kappa shape index (κ1) is 38.0. The average molecular weight is 655 g/mol. The lowest BCUT2D eigenvalue weighted by Crippen LogP contribution is -2.60. The zero-order valence-electron chi connectivity index (χ0n) is 29.2. The molecule has 0 spiro atoms. The van der Waals surface area contributed by atoms with E-state index in [0.717, 1.165) is 0 Å². The van der Waals surface area contributed by atoms with Gasteiger partial charge in [-0.3, -0.25) is 14.4 Å². The molecule has 3 aliphatic heterocycles. The highest BCUT2D eigenvalue weighted by Gasteiger charge is 2.57. The van der Waals surface area contributed by atoms with Gasteiger partial charge in [0.25, 0.3) is 0 Å². The topological polar surface area (TPSA) is 156 Å². The Morgan fingerprint density at radius 3 is 2.24 bits per heavy atom. The number of alkyl carbamates (subject to hydrolysis) is 1. The van der Waals surface area contributed by atoms with Crippen LogP contribution >= 0.6 is 0 Å². The Bertz CT molecular complexity index is 1130. The number of hydrogen-bond donors (Lipinski definition) is 1. The lowest BCUT2D eigenvalue weighted by molar-refractivity contribution is -0.300. The van der Waals surface area contributed by atoms with Crippen molar-refractivity contribution in [2.24, 2.45) is 23.7 Å². The van der Waals surface area contributed by atoms with Crippen molar-refractivity contribution < 1.29 is 52.4 Å². The van der Waals surface area contributed by atoms with Crippen LogP contribution in [0, 0.1) is 23.7 Å². The van der Waals surface area contributed by atoms with E-state index in [4.69, 9.17) is 28.4 Å². The third kappa shape index (κ3) is 7.64. The Morgan fingerprint density at radius 1 is 1.02 bits per heavy atom. The van der Waals surface area contributed by atoms with Gasteiger partial charge in [0.1, 0.15) is 36.8 Å². The monoisotopic (exact) mass is 654 g/mol. The van der Waals surface area contributed by atoms with Gasteiger partial charge < -0.3 is 43.4 Å². The van der Waals surface area contributed by atoms with Crippen molar-refractivity contribution in [2.45, 2.75) is 129 Å². The van der Waals surface area contributed by atoms with E-state index in [0.29, 0.717) is 12.7 Å². The van der Waals surface area contributed by atoms with Crippen LogP contribution in [0.2, 0.25) is 0 Å². The van der Waals surface area contributed by atoms with Crippen LogP contribution in [0.15, 0.2) is 0 Å². The maximum Gasteiger partial charge on any atom is 0.408 e. The van der Waals surface area contributed by atoms with E-state index in [9.17, 15) is 24.0 Å². The van der Waals surface area contributed by atoms with Crippen LogP contribution in [-0.4, -0.2) is 117 Å². The molecule has 0 aliphatic carbocycles. The second kappa shape index (κ2) is 15.2. The van der Waals surface area contributed by atoms with Crippen LogP contribution in [0.5, 0.6) is 0 Å². The number of Topliss-reactive ketones (excluding diaryl/α,β-unsaturated/α-hetero) is 2. The third-order valence-corrected chi connectivity index (χ3v) is 10.2. The normalized spacial score (nSPS) is 42.9. The first-order valence-corrected chi connectivity index (χ1v) is 16.3. The van der Waals surface area contributed by atoms with E-state index >= 15 is 0 Å². The lowest BCUT2D eigenvalue weighted by Gasteiger charge is -2.48. The van der Waals surface area contributed by atoms with Gasteiger partial charge in [0.05, 0.1) is 23.9 Å². The second-order valence-electron chi connectivity index (χ2n) is 13.9. The average Bonchev–Trinajstić information content (AvgIpc) is 3.32. The lowest BCUT2D eigenvalue weighted by atomic mass is 9.73. The molecule has 3 fully saturated rings. The van der Waals surface area contributed by atoms with Gasteiger partial charge >= 0.3 is 12.1 Å². The number of methoxy groups -OCH3 is 1. The Kier molecular flexibility index (Phi) is 12.5. The molecular weight excluding hydrogens is 600 g/mol.